The lowest BCUT2D eigenvalue weighted by molar-refractivity contribution is 0.269. The number of fused-ring (bicyclic) bond motifs is 3. The van der Waals surface area contributed by atoms with Crippen LogP contribution in [-0.2, 0) is 13.0 Å². The minimum atomic E-state index is -0.189. The molecule has 5 aromatic rings. The Morgan fingerprint density at radius 3 is 2.53 bits per heavy atom. The Balaban J connectivity index is 1.30. The highest BCUT2D eigenvalue weighted by Gasteiger charge is 2.32. The molecule has 4 aromatic carbocycles. The fraction of sp³-hybridized carbons (Fsp3) is 0.167. The Labute approximate surface area is 258 Å². The fourth-order valence-corrected chi connectivity index (χ4v) is 6.98. The van der Waals surface area contributed by atoms with Crippen LogP contribution in [0.3, 0.4) is 0 Å². The monoisotopic (exact) mass is 604 g/mol. The lowest BCUT2D eigenvalue weighted by atomic mass is 9.83. The Bertz CT molecular complexity index is 2030. The van der Waals surface area contributed by atoms with Crippen molar-refractivity contribution < 1.29 is 9.47 Å². The van der Waals surface area contributed by atoms with Gasteiger partial charge in [0.05, 0.1) is 22.9 Å². The first-order valence-corrected chi connectivity index (χ1v) is 15.6. The molecule has 0 amide bonds. The maximum atomic E-state index is 14.1. The number of halogens is 1. The van der Waals surface area contributed by atoms with E-state index in [2.05, 4.69) is 36.4 Å². The number of hydrogen-bond acceptors (Lipinski definition) is 5. The van der Waals surface area contributed by atoms with Crippen LogP contribution in [-0.4, -0.2) is 11.2 Å². The van der Waals surface area contributed by atoms with Crippen molar-refractivity contribution in [2.75, 3.05) is 6.61 Å². The molecule has 0 spiro atoms. The molecule has 0 bridgehead atoms. The summed E-state index contributed by atoms with van der Waals surface area (Å²) < 4.78 is 14.5. The van der Waals surface area contributed by atoms with Crippen molar-refractivity contribution in [2.45, 2.75) is 32.4 Å². The van der Waals surface area contributed by atoms with E-state index >= 15 is 0 Å². The molecular formula is C36H29ClN2O3S. The first kappa shape index (κ1) is 27.4. The number of nitrogens with zero attached hydrogens (tertiary/aromatic N) is 2. The van der Waals surface area contributed by atoms with Crippen LogP contribution in [0.2, 0.25) is 5.02 Å². The molecule has 5 nitrogen and oxygen atoms in total. The van der Waals surface area contributed by atoms with Gasteiger partial charge in [-0.25, -0.2) is 4.99 Å². The minimum Gasteiger partial charge on any atom is -0.490 e. The number of hydrogen-bond donors (Lipinski definition) is 0. The number of benzene rings is 4. The summed E-state index contributed by atoms with van der Waals surface area (Å²) in [6, 6.07) is 31.9. The maximum absolute atomic E-state index is 14.1. The summed E-state index contributed by atoms with van der Waals surface area (Å²) in [5, 5.41) is 0.688. The van der Waals surface area contributed by atoms with Gasteiger partial charge in [0.25, 0.3) is 5.56 Å². The predicted octanol–water partition coefficient (Wildman–Crippen LogP) is 6.95. The van der Waals surface area contributed by atoms with Crippen molar-refractivity contribution in [3.05, 3.63) is 155 Å². The number of ether oxygens (including phenoxy) is 2. The Morgan fingerprint density at radius 1 is 0.930 bits per heavy atom. The molecule has 0 radical (unpaired) electrons. The van der Waals surface area contributed by atoms with Gasteiger partial charge < -0.3 is 9.47 Å². The van der Waals surface area contributed by atoms with Crippen molar-refractivity contribution in [1.82, 2.24) is 4.57 Å². The van der Waals surface area contributed by atoms with Crippen molar-refractivity contribution in [2.24, 2.45) is 4.99 Å². The second kappa shape index (κ2) is 11.7. The maximum Gasteiger partial charge on any atom is 0.271 e. The van der Waals surface area contributed by atoms with Gasteiger partial charge in [-0.1, -0.05) is 95.7 Å². The van der Waals surface area contributed by atoms with Gasteiger partial charge in [0.1, 0.15) is 6.61 Å². The molecule has 214 valence electrons. The zero-order chi connectivity index (χ0) is 29.3. The van der Waals surface area contributed by atoms with Crippen molar-refractivity contribution in [3.63, 3.8) is 0 Å². The third-order valence-corrected chi connectivity index (χ3v) is 9.10. The number of allylic oxidation sites excluding steroid dienone is 1. The zero-order valence-corrected chi connectivity index (χ0v) is 25.2. The van der Waals surface area contributed by atoms with Crippen LogP contribution in [0.4, 0.5) is 0 Å². The van der Waals surface area contributed by atoms with E-state index in [1.807, 2.05) is 78.2 Å². The molecule has 43 heavy (non-hydrogen) atoms. The van der Waals surface area contributed by atoms with Crippen LogP contribution in [0.25, 0.3) is 11.8 Å². The molecule has 7 rings (SSSR count). The summed E-state index contributed by atoms with van der Waals surface area (Å²) in [5.74, 6) is 1.28. The predicted molar refractivity (Wildman–Crippen MR) is 173 cm³/mol. The molecule has 0 saturated heterocycles. The number of aryl methyl sites for hydroxylation is 1. The smallest absolute Gasteiger partial charge is 0.271 e. The average molecular weight is 605 g/mol. The van der Waals surface area contributed by atoms with E-state index in [1.165, 1.54) is 22.5 Å². The van der Waals surface area contributed by atoms with E-state index in [9.17, 15) is 4.79 Å². The highest BCUT2D eigenvalue weighted by Crippen LogP contribution is 2.41. The minimum absolute atomic E-state index is 0.0379. The molecule has 1 atom stereocenters. The molecule has 0 fully saturated rings. The third kappa shape index (κ3) is 5.33. The Hall–Kier alpha value is -4.39. The molecule has 0 unspecified atom stereocenters. The van der Waals surface area contributed by atoms with E-state index in [0.29, 0.717) is 39.1 Å². The van der Waals surface area contributed by atoms with Crippen LogP contribution in [0, 0.1) is 0 Å². The first-order valence-electron chi connectivity index (χ1n) is 14.4. The number of rotatable bonds is 7. The molecular weight excluding hydrogens is 576 g/mol. The van der Waals surface area contributed by atoms with Crippen molar-refractivity contribution in [1.29, 1.82) is 0 Å². The topological polar surface area (TPSA) is 52.8 Å². The van der Waals surface area contributed by atoms with E-state index in [4.69, 9.17) is 26.1 Å². The second-order valence-electron chi connectivity index (χ2n) is 10.6. The zero-order valence-electron chi connectivity index (χ0n) is 23.6. The molecule has 1 aromatic heterocycles. The van der Waals surface area contributed by atoms with Crippen LogP contribution in [0.15, 0.2) is 112 Å². The summed E-state index contributed by atoms with van der Waals surface area (Å²) in [6.45, 7) is 2.83. The summed E-state index contributed by atoms with van der Waals surface area (Å²) >= 11 is 7.45. The molecule has 0 N–H and O–H groups in total. The SMILES string of the molecule is CCOc1cc(/C=c2\sc3n(c2=O)[C@H](c2ccccc2)C2=C(N=3)c3ccccc3CC2)ccc1OCc1ccc(Cl)cc1. The van der Waals surface area contributed by atoms with Crippen LogP contribution < -0.4 is 24.4 Å². The third-order valence-electron chi connectivity index (χ3n) is 7.86. The lowest BCUT2D eigenvalue weighted by Crippen LogP contribution is -2.38. The van der Waals surface area contributed by atoms with Gasteiger partial charge in [0.15, 0.2) is 16.3 Å². The van der Waals surface area contributed by atoms with Crippen LogP contribution in [0.1, 0.15) is 47.2 Å². The number of aromatic nitrogens is 1. The van der Waals surface area contributed by atoms with E-state index in [-0.39, 0.29) is 11.6 Å². The Morgan fingerprint density at radius 2 is 1.72 bits per heavy atom. The van der Waals surface area contributed by atoms with Gasteiger partial charge in [-0.05, 0) is 77.9 Å². The van der Waals surface area contributed by atoms with Gasteiger partial charge >= 0.3 is 0 Å². The Kier molecular flexibility index (Phi) is 7.47. The largest absolute Gasteiger partial charge is 0.490 e. The molecule has 0 saturated carbocycles. The second-order valence-corrected chi connectivity index (χ2v) is 12.0. The summed E-state index contributed by atoms with van der Waals surface area (Å²) in [6.07, 6.45) is 3.73. The fourth-order valence-electron chi connectivity index (χ4n) is 5.85. The van der Waals surface area contributed by atoms with Crippen molar-refractivity contribution >= 4 is 34.7 Å². The normalized spacial score (nSPS) is 15.8. The molecule has 1 aliphatic carbocycles. The lowest BCUT2D eigenvalue weighted by Gasteiger charge is -2.30. The summed E-state index contributed by atoms with van der Waals surface area (Å²) in [7, 11) is 0. The quantitative estimate of drug-likeness (QED) is 0.202. The highest BCUT2D eigenvalue weighted by molar-refractivity contribution is 7.07. The number of thiazole rings is 1. The molecule has 2 heterocycles. The van der Waals surface area contributed by atoms with Gasteiger partial charge in [-0.2, -0.15) is 0 Å². The standard InChI is InChI=1S/C36H29ClN2O3S/c1-2-41-31-20-24(14-19-30(31)42-22-23-12-16-27(37)17-13-23)21-32-35(40)39-34(26-9-4-3-5-10-26)29-18-15-25-8-6-7-11-28(25)33(29)38-36(39)43-32/h3-14,16-17,19-21,34H,2,15,18,22H2,1H3/b32-21-/t34-/m1/s1. The van der Waals surface area contributed by atoms with Gasteiger partial charge in [-0.3, -0.25) is 9.36 Å². The van der Waals surface area contributed by atoms with E-state index in [1.54, 1.807) is 0 Å². The average Bonchev–Trinajstić information content (AvgIpc) is 3.34. The van der Waals surface area contributed by atoms with E-state index in [0.717, 1.165) is 40.8 Å². The molecule has 1 aliphatic heterocycles. The van der Waals surface area contributed by atoms with Gasteiger partial charge in [0, 0.05) is 10.6 Å². The van der Waals surface area contributed by atoms with Crippen molar-refractivity contribution in [3.8, 4) is 11.5 Å². The molecule has 2 aliphatic rings. The molecule has 7 heteroatoms. The van der Waals surface area contributed by atoms with Gasteiger partial charge in [0.2, 0.25) is 0 Å². The van der Waals surface area contributed by atoms with Crippen LogP contribution in [0.5, 0.6) is 11.5 Å². The van der Waals surface area contributed by atoms with Crippen LogP contribution >= 0.6 is 22.9 Å². The highest BCUT2D eigenvalue weighted by atomic mass is 35.5. The summed E-state index contributed by atoms with van der Waals surface area (Å²) in [4.78, 5) is 19.9. The van der Waals surface area contributed by atoms with Gasteiger partial charge in [-0.15, -0.1) is 0 Å². The summed E-state index contributed by atoms with van der Waals surface area (Å²) in [5.41, 5.74) is 7.60. The first-order chi connectivity index (χ1) is 21.1. The van der Waals surface area contributed by atoms with E-state index < -0.39 is 0 Å².